The summed E-state index contributed by atoms with van der Waals surface area (Å²) >= 11 is 7.35. The van der Waals surface area contributed by atoms with Gasteiger partial charge in [-0.2, -0.15) is 11.8 Å². The van der Waals surface area contributed by atoms with E-state index in [1.165, 1.54) is 0 Å². The Labute approximate surface area is 82.5 Å². The van der Waals surface area contributed by atoms with E-state index >= 15 is 0 Å². The Hall–Kier alpha value is -0.0800. The Morgan fingerprint density at radius 2 is 2.17 bits per heavy atom. The first kappa shape index (κ1) is 10.0. The van der Waals surface area contributed by atoms with Crippen molar-refractivity contribution < 1.29 is 4.42 Å². The molecule has 12 heavy (non-hydrogen) atoms. The van der Waals surface area contributed by atoms with Crippen molar-refractivity contribution in [3.05, 3.63) is 23.7 Å². The van der Waals surface area contributed by atoms with Crippen molar-refractivity contribution in [2.75, 3.05) is 11.6 Å². The van der Waals surface area contributed by atoms with Gasteiger partial charge in [0.1, 0.15) is 11.5 Å². The van der Waals surface area contributed by atoms with Gasteiger partial charge in [0.2, 0.25) is 0 Å². The SMILES string of the molecule is CCc1ccc(CSCCCl)o1. The molecule has 68 valence electrons. The van der Waals surface area contributed by atoms with Gasteiger partial charge in [0.05, 0.1) is 5.75 Å². The number of halogens is 1. The predicted molar refractivity (Wildman–Crippen MR) is 55.0 cm³/mol. The van der Waals surface area contributed by atoms with E-state index in [0.29, 0.717) is 5.88 Å². The zero-order valence-electron chi connectivity index (χ0n) is 7.18. The van der Waals surface area contributed by atoms with Gasteiger partial charge in [0.15, 0.2) is 0 Å². The molecule has 0 bridgehead atoms. The van der Waals surface area contributed by atoms with Crippen molar-refractivity contribution in [1.29, 1.82) is 0 Å². The van der Waals surface area contributed by atoms with Crippen LogP contribution in [0.3, 0.4) is 0 Å². The minimum absolute atomic E-state index is 0.714. The van der Waals surface area contributed by atoms with E-state index in [1.807, 2.05) is 12.1 Å². The smallest absolute Gasteiger partial charge is 0.114 e. The maximum atomic E-state index is 5.55. The van der Waals surface area contributed by atoms with Crippen LogP contribution in [0.15, 0.2) is 16.5 Å². The summed E-state index contributed by atoms with van der Waals surface area (Å²) in [7, 11) is 0. The Kier molecular flexibility index (Phi) is 4.62. The zero-order valence-corrected chi connectivity index (χ0v) is 8.75. The van der Waals surface area contributed by atoms with Crippen LogP contribution in [0.2, 0.25) is 0 Å². The predicted octanol–water partition coefficient (Wildman–Crippen LogP) is 3.31. The molecule has 0 saturated carbocycles. The molecule has 0 radical (unpaired) electrons. The van der Waals surface area contributed by atoms with Gasteiger partial charge in [-0.05, 0) is 12.1 Å². The molecule has 0 aromatic carbocycles. The number of alkyl halides is 1. The summed E-state index contributed by atoms with van der Waals surface area (Å²) in [5, 5.41) is 0. The summed E-state index contributed by atoms with van der Waals surface area (Å²) in [4.78, 5) is 0. The fourth-order valence-electron chi connectivity index (χ4n) is 0.917. The minimum Gasteiger partial charge on any atom is -0.465 e. The first-order valence-corrected chi connectivity index (χ1v) is 5.77. The third-order valence-corrected chi connectivity index (χ3v) is 2.93. The van der Waals surface area contributed by atoms with Crippen LogP contribution in [0.25, 0.3) is 0 Å². The minimum atomic E-state index is 0.714. The molecular weight excluding hydrogens is 192 g/mol. The first-order valence-electron chi connectivity index (χ1n) is 4.08. The van der Waals surface area contributed by atoms with Crippen LogP contribution in [0, 0.1) is 0 Å². The van der Waals surface area contributed by atoms with Gasteiger partial charge in [-0.25, -0.2) is 0 Å². The molecule has 0 aliphatic rings. The summed E-state index contributed by atoms with van der Waals surface area (Å²) in [6, 6.07) is 4.08. The van der Waals surface area contributed by atoms with E-state index in [4.69, 9.17) is 16.0 Å². The second-order valence-electron chi connectivity index (χ2n) is 2.46. The quantitative estimate of drug-likeness (QED) is 0.539. The van der Waals surface area contributed by atoms with Crippen molar-refractivity contribution in [3.63, 3.8) is 0 Å². The van der Waals surface area contributed by atoms with Crippen molar-refractivity contribution >= 4 is 23.4 Å². The Morgan fingerprint density at radius 1 is 1.42 bits per heavy atom. The molecule has 0 spiro atoms. The summed E-state index contributed by atoms with van der Waals surface area (Å²) in [6.45, 7) is 2.09. The third-order valence-electron chi connectivity index (χ3n) is 1.53. The summed E-state index contributed by atoms with van der Waals surface area (Å²) in [6.07, 6.45) is 0.972. The van der Waals surface area contributed by atoms with Gasteiger partial charge in [-0.1, -0.05) is 6.92 Å². The normalized spacial score (nSPS) is 10.5. The van der Waals surface area contributed by atoms with E-state index in [2.05, 4.69) is 6.92 Å². The van der Waals surface area contributed by atoms with Crippen LogP contribution >= 0.6 is 23.4 Å². The summed E-state index contributed by atoms with van der Waals surface area (Å²) in [5.41, 5.74) is 0. The lowest BCUT2D eigenvalue weighted by molar-refractivity contribution is 0.485. The molecule has 1 nitrogen and oxygen atoms in total. The van der Waals surface area contributed by atoms with Gasteiger partial charge in [0.25, 0.3) is 0 Å². The van der Waals surface area contributed by atoms with E-state index < -0.39 is 0 Å². The molecule has 1 aromatic heterocycles. The van der Waals surface area contributed by atoms with E-state index in [9.17, 15) is 0 Å². The van der Waals surface area contributed by atoms with Crippen LogP contribution in [-0.4, -0.2) is 11.6 Å². The molecule has 0 fully saturated rings. The lowest BCUT2D eigenvalue weighted by Crippen LogP contribution is -1.81. The molecule has 3 heteroatoms. The zero-order chi connectivity index (χ0) is 8.81. The number of rotatable bonds is 5. The van der Waals surface area contributed by atoms with E-state index in [-0.39, 0.29) is 0 Å². The van der Waals surface area contributed by atoms with Gasteiger partial charge in [0, 0.05) is 18.1 Å². The van der Waals surface area contributed by atoms with Crippen molar-refractivity contribution in [1.82, 2.24) is 0 Å². The highest BCUT2D eigenvalue weighted by Crippen LogP contribution is 2.15. The van der Waals surface area contributed by atoms with Gasteiger partial charge in [-0.15, -0.1) is 11.6 Å². The van der Waals surface area contributed by atoms with Crippen LogP contribution < -0.4 is 0 Å². The van der Waals surface area contributed by atoms with E-state index in [0.717, 1.165) is 29.4 Å². The maximum Gasteiger partial charge on any atom is 0.114 e. The lowest BCUT2D eigenvalue weighted by Gasteiger charge is -1.94. The van der Waals surface area contributed by atoms with Crippen LogP contribution in [-0.2, 0) is 12.2 Å². The molecule has 0 unspecified atom stereocenters. The molecule has 1 rings (SSSR count). The molecule has 1 aromatic rings. The van der Waals surface area contributed by atoms with Gasteiger partial charge in [-0.3, -0.25) is 0 Å². The topological polar surface area (TPSA) is 13.1 Å². The molecule has 0 N–H and O–H groups in total. The number of hydrogen-bond acceptors (Lipinski definition) is 2. The average molecular weight is 205 g/mol. The van der Waals surface area contributed by atoms with Gasteiger partial charge < -0.3 is 4.42 Å². The largest absolute Gasteiger partial charge is 0.465 e. The lowest BCUT2D eigenvalue weighted by atomic mass is 10.4. The molecule has 0 aliphatic heterocycles. The van der Waals surface area contributed by atoms with Crippen molar-refractivity contribution in [3.8, 4) is 0 Å². The second kappa shape index (κ2) is 5.55. The Bertz CT molecular complexity index is 222. The maximum absolute atomic E-state index is 5.55. The summed E-state index contributed by atoms with van der Waals surface area (Å²) < 4.78 is 5.52. The fraction of sp³-hybridized carbons (Fsp3) is 0.556. The van der Waals surface area contributed by atoms with E-state index in [1.54, 1.807) is 11.8 Å². The molecule has 0 amide bonds. The monoisotopic (exact) mass is 204 g/mol. The molecule has 0 atom stereocenters. The molecular formula is C9H13ClOS. The third kappa shape index (κ3) is 3.11. The molecule has 1 heterocycles. The number of furan rings is 1. The standard InChI is InChI=1S/C9H13ClOS/c1-2-8-3-4-9(11-8)7-12-6-5-10/h3-4H,2,5-7H2,1H3. The fourth-order valence-corrected chi connectivity index (χ4v) is 1.85. The summed E-state index contributed by atoms with van der Waals surface area (Å²) in [5.74, 6) is 4.76. The number of hydrogen-bond donors (Lipinski definition) is 0. The van der Waals surface area contributed by atoms with Crippen molar-refractivity contribution in [2.45, 2.75) is 19.1 Å². The van der Waals surface area contributed by atoms with Crippen LogP contribution in [0.1, 0.15) is 18.4 Å². The Morgan fingerprint density at radius 3 is 2.75 bits per heavy atom. The average Bonchev–Trinajstić information content (AvgIpc) is 2.53. The Balaban J connectivity index is 2.31. The van der Waals surface area contributed by atoms with Crippen LogP contribution in [0.4, 0.5) is 0 Å². The first-order chi connectivity index (χ1) is 5.86. The second-order valence-corrected chi connectivity index (χ2v) is 3.95. The molecule has 0 aliphatic carbocycles. The highest BCUT2D eigenvalue weighted by atomic mass is 35.5. The number of aryl methyl sites for hydroxylation is 1. The highest BCUT2D eigenvalue weighted by molar-refractivity contribution is 7.98. The molecule has 0 saturated heterocycles. The van der Waals surface area contributed by atoms with Crippen molar-refractivity contribution in [2.24, 2.45) is 0 Å². The number of thioether (sulfide) groups is 1. The van der Waals surface area contributed by atoms with Gasteiger partial charge >= 0.3 is 0 Å². The highest BCUT2D eigenvalue weighted by Gasteiger charge is 1.99. The van der Waals surface area contributed by atoms with Crippen LogP contribution in [0.5, 0.6) is 0 Å².